The molecule has 0 unspecified atom stereocenters. The quantitative estimate of drug-likeness (QED) is 0.482. The molecular weight excluding hydrogens is 459 g/mol. The number of benzene rings is 2. The summed E-state index contributed by atoms with van der Waals surface area (Å²) in [6, 6.07) is 10.3. The summed E-state index contributed by atoms with van der Waals surface area (Å²) in [6.07, 6.45) is 7.83. The average Bonchev–Trinajstić information content (AvgIpc) is 2.76. The number of ether oxygens (including phenoxy) is 1. The number of carbonyl (C=O) groups is 1. The smallest absolute Gasteiger partial charge is 0.261 e. The number of hydrogen-bond acceptors (Lipinski definition) is 4. The molecular formula is C22H24Cl2N2O4S. The summed E-state index contributed by atoms with van der Waals surface area (Å²) in [4.78, 5) is 12.0. The van der Waals surface area contributed by atoms with Crippen LogP contribution in [0, 0.1) is 0 Å². The van der Waals surface area contributed by atoms with Crippen molar-refractivity contribution in [3.8, 4) is 5.75 Å². The van der Waals surface area contributed by atoms with Crippen LogP contribution >= 0.6 is 23.2 Å². The fourth-order valence-electron chi connectivity index (χ4n) is 3.18. The van der Waals surface area contributed by atoms with Gasteiger partial charge in [-0.2, -0.15) is 0 Å². The maximum atomic E-state index is 12.5. The molecule has 1 aliphatic carbocycles. The number of nitrogens with one attached hydrogen (secondary N) is 2. The van der Waals surface area contributed by atoms with E-state index in [2.05, 4.69) is 16.1 Å². The van der Waals surface area contributed by atoms with Gasteiger partial charge in [-0.3, -0.25) is 9.52 Å². The van der Waals surface area contributed by atoms with E-state index < -0.39 is 10.0 Å². The van der Waals surface area contributed by atoms with Gasteiger partial charge in [-0.1, -0.05) is 34.9 Å². The van der Waals surface area contributed by atoms with Gasteiger partial charge in [0.05, 0.1) is 20.6 Å². The third-order valence-corrected chi connectivity index (χ3v) is 6.97. The standard InChI is InChI=1S/C22H24Cl2N2O4S/c23-20-11-6-17(14-21(20)24)26-31(28,29)19-9-7-18(8-10-19)30-15-22(27)25-13-12-16-4-2-1-3-5-16/h4,6-11,14,26H,1-3,5,12-13,15H2,(H,25,27). The molecule has 0 radical (unpaired) electrons. The number of sulfonamides is 1. The van der Waals surface area contributed by atoms with E-state index in [0.717, 1.165) is 19.3 Å². The summed E-state index contributed by atoms with van der Waals surface area (Å²) >= 11 is 11.8. The molecule has 2 aromatic rings. The Bertz CT molecular complexity index is 1050. The van der Waals surface area contributed by atoms with Crippen molar-refractivity contribution >= 4 is 44.8 Å². The van der Waals surface area contributed by atoms with E-state index in [0.29, 0.717) is 23.0 Å². The number of rotatable bonds is 9. The largest absolute Gasteiger partial charge is 0.484 e. The van der Waals surface area contributed by atoms with Gasteiger partial charge >= 0.3 is 0 Å². The highest BCUT2D eigenvalue weighted by molar-refractivity contribution is 7.92. The molecule has 0 aromatic heterocycles. The van der Waals surface area contributed by atoms with Gasteiger partial charge in [-0.25, -0.2) is 8.42 Å². The normalized spacial score (nSPS) is 13.9. The highest BCUT2D eigenvalue weighted by Crippen LogP contribution is 2.27. The van der Waals surface area contributed by atoms with E-state index >= 15 is 0 Å². The third-order valence-electron chi connectivity index (χ3n) is 4.83. The number of hydrogen-bond donors (Lipinski definition) is 2. The molecule has 0 fully saturated rings. The molecule has 166 valence electrons. The summed E-state index contributed by atoms with van der Waals surface area (Å²) < 4.78 is 32.9. The molecule has 0 saturated heterocycles. The van der Waals surface area contributed by atoms with Crippen LogP contribution in [-0.4, -0.2) is 27.5 Å². The molecule has 0 aliphatic heterocycles. The van der Waals surface area contributed by atoms with E-state index in [1.54, 1.807) is 0 Å². The van der Waals surface area contributed by atoms with E-state index in [1.165, 1.54) is 60.9 Å². The van der Waals surface area contributed by atoms with E-state index in [4.69, 9.17) is 27.9 Å². The second kappa shape index (κ2) is 10.9. The molecule has 0 bridgehead atoms. The predicted octanol–water partition coefficient (Wildman–Crippen LogP) is 5.18. The molecule has 0 spiro atoms. The Hall–Kier alpha value is -2.22. The van der Waals surface area contributed by atoms with Crippen LogP contribution in [0.5, 0.6) is 5.75 Å². The van der Waals surface area contributed by atoms with Gasteiger partial charge in [-0.05, 0) is 74.6 Å². The van der Waals surface area contributed by atoms with Crippen molar-refractivity contribution in [2.75, 3.05) is 17.9 Å². The number of anilines is 1. The Morgan fingerprint density at radius 2 is 1.81 bits per heavy atom. The molecule has 3 rings (SSSR count). The van der Waals surface area contributed by atoms with Crippen molar-refractivity contribution in [1.82, 2.24) is 5.32 Å². The molecule has 0 atom stereocenters. The van der Waals surface area contributed by atoms with Crippen LogP contribution in [0.2, 0.25) is 10.0 Å². The maximum absolute atomic E-state index is 12.5. The zero-order chi connectivity index (χ0) is 22.3. The van der Waals surface area contributed by atoms with E-state index in [9.17, 15) is 13.2 Å². The summed E-state index contributed by atoms with van der Waals surface area (Å²) in [5.41, 5.74) is 1.70. The topological polar surface area (TPSA) is 84.5 Å². The molecule has 0 saturated carbocycles. The molecule has 6 nitrogen and oxygen atoms in total. The minimum atomic E-state index is -3.81. The van der Waals surface area contributed by atoms with Crippen LogP contribution in [0.4, 0.5) is 5.69 Å². The Morgan fingerprint density at radius 1 is 1.03 bits per heavy atom. The second-order valence-corrected chi connectivity index (χ2v) is 9.70. The summed E-state index contributed by atoms with van der Waals surface area (Å²) in [5.74, 6) is 0.188. The lowest BCUT2D eigenvalue weighted by atomic mass is 9.97. The highest BCUT2D eigenvalue weighted by Gasteiger charge is 2.15. The number of carbonyl (C=O) groups excluding carboxylic acids is 1. The van der Waals surface area contributed by atoms with Crippen molar-refractivity contribution in [3.05, 3.63) is 64.2 Å². The summed E-state index contributed by atoms with van der Waals surface area (Å²) in [6.45, 7) is 0.457. The van der Waals surface area contributed by atoms with Crippen LogP contribution in [-0.2, 0) is 14.8 Å². The lowest BCUT2D eigenvalue weighted by molar-refractivity contribution is -0.123. The van der Waals surface area contributed by atoms with E-state index in [-0.39, 0.29) is 22.4 Å². The van der Waals surface area contributed by atoms with Crippen molar-refractivity contribution in [1.29, 1.82) is 0 Å². The van der Waals surface area contributed by atoms with Crippen molar-refractivity contribution in [2.24, 2.45) is 0 Å². The van der Waals surface area contributed by atoms with Gasteiger partial charge < -0.3 is 10.1 Å². The Kier molecular flexibility index (Phi) is 8.23. The zero-order valence-corrected chi connectivity index (χ0v) is 19.2. The molecule has 2 N–H and O–H groups in total. The minimum Gasteiger partial charge on any atom is -0.484 e. The predicted molar refractivity (Wildman–Crippen MR) is 123 cm³/mol. The monoisotopic (exact) mass is 482 g/mol. The van der Waals surface area contributed by atoms with Gasteiger partial charge in [0, 0.05) is 6.54 Å². The first-order valence-corrected chi connectivity index (χ1v) is 12.2. The van der Waals surface area contributed by atoms with Gasteiger partial charge in [0.1, 0.15) is 5.75 Å². The fraction of sp³-hybridized carbons (Fsp3) is 0.318. The van der Waals surface area contributed by atoms with Crippen LogP contribution in [0.1, 0.15) is 32.1 Å². The lowest BCUT2D eigenvalue weighted by Gasteiger charge is -2.13. The summed E-state index contributed by atoms with van der Waals surface area (Å²) in [7, 11) is -3.81. The molecule has 0 heterocycles. The van der Waals surface area contributed by atoms with Crippen LogP contribution < -0.4 is 14.8 Å². The Morgan fingerprint density at radius 3 is 2.48 bits per heavy atom. The molecule has 2 aromatic carbocycles. The fourth-order valence-corrected chi connectivity index (χ4v) is 4.53. The number of allylic oxidation sites excluding steroid dienone is 1. The minimum absolute atomic E-state index is 0.0520. The number of halogens is 2. The average molecular weight is 483 g/mol. The Balaban J connectivity index is 1.48. The summed E-state index contributed by atoms with van der Waals surface area (Å²) in [5, 5.41) is 3.42. The SMILES string of the molecule is O=C(COc1ccc(S(=O)(=O)Nc2ccc(Cl)c(Cl)c2)cc1)NCCC1=CCCCC1. The Labute approximate surface area is 192 Å². The van der Waals surface area contributed by atoms with Crippen molar-refractivity contribution < 1.29 is 17.9 Å². The first-order valence-electron chi connectivity index (χ1n) is 9.99. The molecule has 31 heavy (non-hydrogen) atoms. The number of amides is 1. The van der Waals surface area contributed by atoms with Crippen LogP contribution in [0.15, 0.2) is 59.0 Å². The molecule has 1 amide bonds. The maximum Gasteiger partial charge on any atom is 0.261 e. The second-order valence-electron chi connectivity index (χ2n) is 7.20. The molecule has 9 heteroatoms. The van der Waals surface area contributed by atoms with Gasteiger partial charge in [0.25, 0.3) is 15.9 Å². The first kappa shape index (κ1) is 23.4. The van der Waals surface area contributed by atoms with Crippen molar-refractivity contribution in [3.63, 3.8) is 0 Å². The van der Waals surface area contributed by atoms with Gasteiger partial charge in [-0.15, -0.1) is 0 Å². The first-order chi connectivity index (χ1) is 14.8. The third kappa shape index (κ3) is 7.16. The van der Waals surface area contributed by atoms with Gasteiger partial charge in [0.2, 0.25) is 0 Å². The van der Waals surface area contributed by atoms with E-state index in [1.807, 2.05) is 0 Å². The van der Waals surface area contributed by atoms with Gasteiger partial charge in [0.15, 0.2) is 6.61 Å². The van der Waals surface area contributed by atoms with Crippen LogP contribution in [0.25, 0.3) is 0 Å². The van der Waals surface area contributed by atoms with Crippen LogP contribution in [0.3, 0.4) is 0 Å². The zero-order valence-electron chi connectivity index (χ0n) is 16.9. The van der Waals surface area contributed by atoms with Crippen molar-refractivity contribution in [2.45, 2.75) is 37.0 Å². The highest BCUT2D eigenvalue weighted by atomic mass is 35.5. The molecule has 1 aliphatic rings. The lowest BCUT2D eigenvalue weighted by Crippen LogP contribution is -2.30.